The second kappa shape index (κ2) is 8.03. The largest absolute Gasteiger partial charge is 0.495 e. The van der Waals surface area contributed by atoms with Crippen molar-refractivity contribution < 1.29 is 9.53 Å². The highest BCUT2D eigenvalue weighted by molar-refractivity contribution is 5.94. The first-order chi connectivity index (χ1) is 14.5. The molecule has 0 saturated heterocycles. The molecule has 0 atom stereocenters. The van der Waals surface area contributed by atoms with E-state index in [1.54, 1.807) is 7.11 Å². The highest BCUT2D eigenvalue weighted by atomic mass is 16.5. The zero-order valence-electron chi connectivity index (χ0n) is 17.7. The number of fused-ring (bicyclic) bond motifs is 1. The molecule has 152 valence electrons. The lowest BCUT2D eigenvalue weighted by atomic mass is 10.0. The summed E-state index contributed by atoms with van der Waals surface area (Å²) >= 11 is 0. The predicted molar refractivity (Wildman–Crippen MR) is 120 cm³/mol. The number of nitrogens with zero attached hydrogens (tertiary/aromatic N) is 2. The van der Waals surface area contributed by atoms with Crippen LogP contribution < -0.4 is 10.1 Å². The molecule has 0 fully saturated rings. The third-order valence-corrected chi connectivity index (χ3v) is 5.43. The van der Waals surface area contributed by atoms with E-state index in [2.05, 4.69) is 37.4 Å². The minimum atomic E-state index is -0.118. The lowest BCUT2D eigenvalue weighted by molar-refractivity contribution is -0.115. The maximum atomic E-state index is 13.0. The molecule has 0 aliphatic rings. The smallest absolute Gasteiger partial charge is 0.230 e. The Hall–Kier alpha value is -3.60. The number of anilines is 1. The zero-order chi connectivity index (χ0) is 21.3. The number of rotatable bonds is 5. The van der Waals surface area contributed by atoms with Gasteiger partial charge in [0.2, 0.25) is 5.91 Å². The van der Waals surface area contributed by atoms with Crippen molar-refractivity contribution in [3.05, 3.63) is 83.2 Å². The van der Waals surface area contributed by atoms with Crippen molar-refractivity contribution in [1.29, 1.82) is 0 Å². The maximum absolute atomic E-state index is 13.0. The number of methoxy groups -OCH3 is 1. The molecule has 0 bridgehead atoms. The number of pyridine rings is 1. The molecule has 0 aliphatic carbocycles. The lowest BCUT2D eigenvalue weighted by Gasteiger charge is -2.11. The fraction of sp³-hybridized carbons (Fsp3) is 0.200. The number of imidazole rings is 1. The quantitative estimate of drug-likeness (QED) is 0.507. The molecule has 1 N–H and O–H groups in total. The summed E-state index contributed by atoms with van der Waals surface area (Å²) in [5, 5.41) is 2.97. The van der Waals surface area contributed by atoms with Gasteiger partial charge in [0.1, 0.15) is 11.4 Å². The van der Waals surface area contributed by atoms with Crippen LogP contribution in [0, 0.1) is 20.8 Å². The number of hydrogen-bond donors (Lipinski definition) is 1. The highest BCUT2D eigenvalue weighted by Crippen LogP contribution is 2.29. The number of benzene rings is 2. The standard InChI is InChI=1S/C25H25N3O2/c1-16-11-12-19(14-18(16)3)24-21(28-13-7-8-17(2)25(28)27-24)15-23(29)26-20-9-5-6-10-22(20)30-4/h5-14H,15H2,1-4H3,(H,26,29). The van der Waals surface area contributed by atoms with Crippen molar-refractivity contribution in [1.82, 2.24) is 9.38 Å². The summed E-state index contributed by atoms with van der Waals surface area (Å²) < 4.78 is 7.37. The van der Waals surface area contributed by atoms with E-state index in [1.807, 2.05) is 53.9 Å². The SMILES string of the molecule is COc1ccccc1NC(=O)Cc1c(-c2ccc(C)c(C)c2)nc2c(C)cccn12. The van der Waals surface area contributed by atoms with Gasteiger partial charge in [-0.25, -0.2) is 4.98 Å². The number of amides is 1. The summed E-state index contributed by atoms with van der Waals surface area (Å²) in [6.45, 7) is 6.22. The molecule has 5 heteroatoms. The fourth-order valence-corrected chi connectivity index (χ4v) is 3.64. The second-order valence-corrected chi connectivity index (χ2v) is 7.52. The number of carbonyl (C=O) groups is 1. The van der Waals surface area contributed by atoms with E-state index in [1.165, 1.54) is 11.1 Å². The number of aryl methyl sites for hydroxylation is 3. The summed E-state index contributed by atoms with van der Waals surface area (Å²) in [5.41, 5.74) is 7.74. The van der Waals surface area contributed by atoms with Crippen LogP contribution in [0.4, 0.5) is 5.69 Å². The first-order valence-corrected chi connectivity index (χ1v) is 9.95. The van der Waals surface area contributed by atoms with Crippen LogP contribution in [-0.2, 0) is 11.2 Å². The molecule has 0 radical (unpaired) electrons. The van der Waals surface area contributed by atoms with Crippen molar-refractivity contribution >= 4 is 17.2 Å². The molecule has 1 amide bonds. The predicted octanol–water partition coefficient (Wildman–Crippen LogP) is 5.12. The Balaban J connectivity index is 1.76. The van der Waals surface area contributed by atoms with Crippen LogP contribution in [0.3, 0.4) is 0 Å². The molecular formula is C25H25N3O2. The molecule has 0 unspecified atom stereocenters. The Morgan fingerprint density at radius 2 is 1.80 bits per heavy atom. The molecule has 0 aliphatic heterocycles. The minimum absolute atomic E-state index is 0.118. The van der Waals surface area contributed by atoms with Gasteiger partial charge >= 0.3 is 0 Å². The maximum Gasteiger partial charge on any atom is 0.230 e. The van der Waals surface area contributed by atoms with Gasteiger partial charge in [-0.1, -0.05) is 30.3 Å². The first kappa shape index (κ1) is 19.7. The molecule has 0 saturated carbocycles. The molecule has 4 aromatic rings. The Kier molecular flexibility index (Phi) is 5.27. The normalized spacial score (nSPS) is 10.9. The van der Waals surface area contributed by atoms with Gasteiger partial charge in [-0.15, -0.1) is 0 Å². The van der Waals surface area contributed by atoms with Crippen LogP contribution in [0.5, 0.6) is 5.75 Å². The van der Waals surface area contributed by atoms with Crippen LogP contribution in [0.2, 0.25) is 0 Å². The molecule has 2 aromatic carbocycles. The summed E-state index contributed by atoms with van der Waals surface area (Å²) in [7, 11) is 1.59. The average molecular weight is 399 g/mol. The first-order valence-electron chi connectivity index (χ1n) is 9.95. The Morgan fingerprint density at radius 3 is 2.57 bits per heavy atom. The monoisotopic (exact) mass is 399 g/mol. The number of para-hydroxylation sites is 2. The van der Waals surface area contributed by atoms with Crippen LogP contribution in [0.1, 0.15) is 22.4 Å². The summed E-state index contributed by atoms with van der Waals surface area (Å²) in [4.78, 5) is 17.9. The van der Waals surface area contributed by atoms with Crippen LogP contribution in [0.15, 0.2) is 60.8 Å². The number of hydrogen-bond acceptors (Lipinski definition) is 3. The molecule has 0 spiro atoms. The van der Waals surface area contributed by atoms with Crippen molar-refractivity contribution in [2.45, 2.75) is 27.2 Å². The van der Waals surface area contributed by atoms with Gasteiger partial charge in [0.15, 0.2) is 0 Å². The van der Waals surface area contributed by atoms with Gasteiger partial charge in [0, 0.05) is 11.8 Å². The average Bonchev–Trinajstić information content (AvgIpc) is 3.10. The third kappa shape index (κ3) is 3.66. The topological polar surface area (TPSA) is 55.6 Å². The Morgan fingerprint density at radius 1 is 1.00 bits per heavy atom. The van der Waals surface area contributed by atoms with Crippen LogP contribution >= 0.6 is 0 Å². The van der Waals surface area contributed by atoms with E-state index in [-0.39, 0.29) is 12.3 Å². The number of carbonyl (C=O) groups excluding carboxylic acids is 1. The van der Waals surface area contributed by atoms with E-state index in [4.69, 9.17) is 9.72 Å². The number of ether oxygens (including phenoxy) is 1. The Labute approximate surface area is 176 Å². The minimum Gasteiger partial charge on any atom is -0.495 e. The Bertz CT molecular complexity index is 1240. The number of aromatic nitrogens is 2. The van der Waals surface area contributed by atoms with E-state index >= 15 is 0 Å². The zero-order valence-corrected chi connectivity index (χ0v) is 17.7. The van der Waals surface area contributed by atoms with Gasteiger partial charge in [0.25, 0.3) is 0 Å². The second-order valence-electron chi connectivity index (χ2n) is 7.52. The van der Waals surface area contributed by atoms with Crippen molar-refractivity contribution in [2.24, 2.45) is 0 Å². The van der Waals surface area contributed by atoms with Crippen LogP contribution in [-0.4, -0.2) is 22.4 Å². The molecular weight excluding hydrogens is 374 g/mol. The number of nitrogens with one attached hydrogen (secondary N) is 1. The molecule has 2 heterocycles. The lowest BCUT2D eigenvalue weighted by Crippen LogP contribution is -2.16. The van der Waals surface area contributed by atoms with Crippen LogP contribution in [0.25, 0.3) is 16.9 Å². The van der Waals surface area contributed by atoms with E-state index in [0.29, 0.717) is 11.4 Å². The summed E-state index contributed by atoms with van der Waals surface area (Å²) in [6.07, 6.45) is 2.16. The van der Waals surface area contributed by atoms with Crippen molar-refractivity contribution in [3.63, 3.8) is 0 Å². The molecule has 30 heavy (non-hydrogen) atoms. The van der Waals surface area contributed by atoms with Crippen molar-refractivity contribution in [3.8, 4) is 17.0 Å². The van der Waals surface area contributed by atoms with E-state index < -0.39 is 0 Å². The van der Waals surface area contributed by atoms with Gasteiger partial charge < -0.3 is 14.5 Å². The molecule has 2 aromatic heterocycles. The van der Waals surface area contributed by atoms with Gasteiger partial charge in [0.05, 0.1) is 30.6 Å². The fourth-order valence-electron chi connectivity index (χ4n) is 3.64. The van der Waals surface area contributed by atoms with Crippen molar-refractivity contribution in [2.75, 3.05) is 12.4 Å². The third-order valence-electron chi connectivity index (χ3n) is 5.43. The van der Waals surface area contributed by atoms with Gasteiger partial charge in [-0.2, -0.15) is 0 Å². The van der Waals surface area contributed by atoms with E-state index in [9.17, 15) is 4.79 Å². The highest BCUT2D eigenvalue weighted by Gasteiger charge is 2.19. The summed E-state index contributed by atoms with van der Waals surface area (Å²) in [5.74, 6) is 0.516. The molecule has 5 nitrogen and oxygen atoms in total. The molecule has 4 rings (SSSR count). The van der Waals surface area contributed by atoms with E-state index in [0.717, 1.165) is 28.2 Å². The van der Waals surface area contributed by atoms with Gasteiger partial charge in [-0.05, 0) is 61.7 Å². The summed E-state index contributed by atoms with van der Waals surface area (Å²) in [6, 6.07) is 17.7. The van der Waals surface area contributed by atoms with Gasteiger partial charge in [-0.3, -0.25) is 4.79 Å².